The van der Waals surface area contributed by atoms with Crippen molar-refractivity contribution in [2.24, 2.45) is 5.92 Å². The number of aliphatic carboxylic acids is 1. The first-order valence-corrected chi connectivity index (χ1v) is 11.8. The number of H-pyrrole nitrogens is 1. The van der Waals surface area contributed by atoms with Gasteiger partial charge >= 0.3 is 5.97 Å². The largest absolute Gasteiger partial charge is 0.478 e. The maximum absolute atomic E-state index is 10.9. The van der Waals surface area contributed by atoms with Crippen LogP contribution in [-0.4, -0.2) is 21.3 Å². The molecule has 0 atom stereocenters. The molecule has 2 N–H and O–H groups in total. The van der Waals surface area contributed by atoms with Gasteiger partial charge in [-0.25, -0.2) is 9.64 Å². The third-order valence-electron chi connectivity index (χ3n) is 6.50. The Morgan fingerprint density at radius 2 is 1.86 bits per heavy atom. The molecule has 1 aliphatic carbocycles. The number of carboxylic acids is 1. The van der Waals surface area contributed by atoms with Crippen LogP contribution in [0.5, 0.6) is 0 Å². The Morgan fingerprint density at radius 3 is 2.54 bits per heavy atom. The summed E-state index contributed by atoms with van der Waals surface area (Å²) in [5.41, 5.74) is 7.48. The number of nitrogens with one attached hydrogen (secondary N) is 1. The van der Waals surface area contributed by atoms with Crippen LogP contribution in [0.3, 0.4) is 0 Å². The third-order valence-corrected chi connectivity index (χ3v) is 6.73. The molecule has 0 saturated heterocycles. The first kappa shape index (κ1) is 22.6. The van der Waals surface area contributed by atoms with Gasteiger partial charge in [0.15, 0.2) is 5.69 Å². The normalized spacial score (nSPS) is 14.5. The Labute approximate surface area is 208 Å². The number of fused-ring (bicyclic) bond motifs is 1. The highest BCUT2D eigenvalue weighted by Gasteiger charge is 2.28. The molecule has 0 aliphatic heterocycles. The van der Waals surface area contributed by atoms with Crippen molar-refractivity contribution in [1.29, 1.82) is 0 Å². The molecule has 172 valence electrons. The maximum Gasteiger partial charge on any atom is 0.328 e. The van der Waals surface area contributed by atoms with Crippen molar-refractivity contribution in [3.63, 3.8) is 0 Å². The first-order valence-electron chi connectivity index (χ1n) is 11.4. The Kier molecular flexibility index (Phi) is 6.22. The van der Waals surface area contributed by atoms with Crippen molar-refractivity contribution in [3.8, 4) is 0 Å². The zero-order valence-electron chi connectivity index (χ0n) is 18.8. The van der Waals surface area contributed by atoms with E-state index in [4.69, 9.17) is 23.3 Å². The number of rotatable bonds is 6. The van der Waals surface area contributed by atoms with Crippen molar-refractivity contribution in [3.05, 3.63) is 112 Å². The number of hydrogen-bond donors (Lipinski definition) is 2. The van der Waals surface area contributed by atoms with Crippen LogP contribution in [0.1, 0.15) is 41.5 Å². The molecule has 0 unspecified atom stereocenters. The summed E-state index contributed by atoms with van der Waals surface area (Å²) in [6.07, 6.45) is 7.80. The lowest BCUT2D eigenvalue weighted by Gasteiger charge is -2.32. The van der Waals surface area contributed by atoms with Gasteiger partial charge in [-0.15, -0.1) is 0 Å². The number of aromatic amines is 1. The number of hydrogen-bond acceptors (Lipinski definition) is 2. The summed E-state index contributed by atoms with van der Waals surface area (Å²) < 4.78 is 0. The standard InChI is InChI=1S/C29H22ClN3O2/c1-31-26-16-23(30)11-12-24(26)29(19-3-2-4-19)28(21-10-13-25-22(15-21)17-32-33-25)20-8-5-18(6-9-20)7-14-27(34)35/h5-17,19H,2-4H2,(H,32,33)(H,34,35)/b14-7+,29-28+. The van der Waals surface area contributed by atoms with E-state index in [1.807, 2.05) is 48.7 Å². The van der Waals surface area contributed by atoms with Gasteiger partial charge in [-0.05, 0) is 82.5 Å². The molecule has 5 rings (SSSR count). The smallest absolute Gasteiger partial charge is 0.328 e. The van der Waals surface area contributed by atoms with Crippen molar-refractivity contribution in [2.75, 3.05) is 0 Å². The average Bonchev–Trinajstić information content (AvgIpc) is 3.30. The zero-order valence-corrected chi connectivity index (χ0v) is 19.6. The van der Waals surface area contributed by atoms with Crippen LogP contribution in [0.4, 0.5) is 5.69 Å². The number of benzene rings is 3. The summed E-state index contributed by atoms with van der Waals surface area (Å²) in [5, 5.41) is 17.7. The molecule has 1 aliphatic rings. The molecule has 3 aromatic carbocycles. The topological polar surface area (TPSA) is 70.3 Å². The Hall–Kier alpha value is -4.14. The molecule has 1 aromatic heterocycles. The van der Waals surface area contributed by atoms with E-state index >= 15 is 0 Å². The first-order chi connectivity index (χ1) is 17.0. The summed E-state index contributed by atoms with van der Waals surface area (Å²) in [6, 6.07) is 19.6. The summed E-state index contributed by atoms with van der Waals surface area (Å²) in [5.74, 6) is -0.650. The Morgan fingerprint density at radius 1 is 1.09 bits per heavy atom. The minimum atomic E-state index is -0.982. The van der Waals surface area contributed by atoms with E-state index in [0.717, 1.165) is 69.6 Å². The van der Waals surface area contributed by atoms with Crippen molar-refractivity contribution in [1.82, 2.24) is 10.2 Å². The van der Waals surface area contributed by atoms with Gasteiger partial charge in [-0.1, -0.05) is 54.4 Å². The quantitative estimate of drug-likeness (QED) is 0.170. The molecule has 0 spiro atoms. The fourth-order valence-electron chi connectivity index (χ4n) is 4.58. The molecule has 5 nitrogen and oxygen atoms in total. The van der Waals surface area contributed by atoms with Crippen molar-refractivity contribution < 1.29 is 9.90 Å². The second kappa shape index (κ2) is 9.61. The highest BCUT2D eigenvalue weighted by Crippen LogP contribution is 2.48. The van der Waals surface area contributed by atoms with Gasteiger partial charge in [0.2, 0.25) is 0 Å². The summed E-state index contributed by atoms with van der Waals surface area (Å²) in [6.45, 7) is 7.81. The maximum atomic E-state index is 10.9. The van der Waals surface area contributed by atoms with Crippen LogP contribution in [0.25, 0.3) is 33.0 Å². The second-order valence-electron chi connectivity index (χ2n) is 8.66. The van der Waals surface area contributed by atoms with Gasteiger partial charge in [0.05, 0.1) is 18.3 Å². The van der Waals surface area contributed by atoms with E-state index in [1.54, 1.807) is 12.1 Å². The summed E-state index contributed by atoms with van der Waals surface area (Å²) >= 11 is 6.25. The molecule has 35 heavy (non-hydrogen) atoms. The minimum absolute atomic E-state index is 0.332. The number of aromatic nitrogens is 2. The number of halogens is 1. The van der Waals surface area contributed by atoms with Gasteiger partial charge in [0.25, 0.3) is 0 Å². The predicted molar refractivity (Wildman–Crippen MR) is 140 cm³/mol. The zero-order chi connectivity index (χ0) is 24.4. The molecular formula is C29H22ClN3O2. The monoisotopic (exact) mass is 479 g/mol. The molecule has 4 aromatic rings. The molecule has 1 heterocycles. The summed E-state index contributed by atoms with van der Waals surface area (Å²) in [7, 11) is 0. The van der Waals surface area contributed by atoms with E-state index in [-0.39, 0.29) is 0 Å². The lowest BCUT2D eigenvalue weighted by Crippen LogP contribution is -2.15. The number of nitrogens with zero attached hydrogens (tertiary/aromatic N) is 2. The van der Waals surface area contributed by atoms with Gasteiger partial charge in [0, 0.05) is 16.5 Å². The molecule has 0 bridgehead atoms. The molecule has 0 amide bonds. The molecule has 0 radical (unpaired) electrons. The van der Waals surface area contributed by atoms with Gasteiger partial charge < -0.3 is 5.11 Å². The second-order valence-corrected chi connectivity index (χ2v) is 9.09. The fraction of sp³-hybridized carbons (Fsp3) is 0.138. The van der Waals surface area contributed by atoms with Crippen LogP contribution in [-0.2, 0) is 4.79 Å². The van der Waals surface area contributed by atoms with Crippen LogP contribution < -0.4 is 0 Å². The Bertz CT molecular complexity index is 1520. The molecular weight excluding hydrogens is 458 g/mol. The fourth-order valence-corrected chi connectivity index (χ4v) is 4.75. The van der Waals surface area contributed by atoms with Gasteiger partial charge in [-0.3, -0.25) is 5.10 Å². The highest BCUT2D eigenvalue weighted by atomic mass is 35.5. The van der Waals surface area contributed by atoms with E-state index in [0.29, 0.717) is 16.6 Å². The van der Waals surface area contributed by atoms with E-state index in [2.05, 4.69) is 27.2 Å². The molecule has 1 fully saturated rings. The van der Waals surface area contributed by atoms with Crippen LogP contribution in [0.2, 0.25) is 5.02 Å². The van der Waals surface area contributed by atoms with E-state index in [1.165, 1.54) is 0 Å². The SMILES string of the molecule is [C-]#[N+]c1cc(Cl)ccc1/C(=C(\c1ccc(/C=C/C(=O)O)cc1)c1ccc2[nH]ncc2c1)C1CCC1. The van der Waals surface area contributed by atoms with Crippen molar-refractivity contribution >= 4 is 51.4 Å². The molecule has 6 heteroatoms. The number of allylic oxidation sites excluding steroid dienone is 1. The lowest BCUT2D eigenvalue weighted by atomic mass is 9.72. The van der Waals surface area contributed by atoms with Crippen LogP contribution >= 0.6 is 11.6 Å². The number of carboxylic acid groups (broad SMARTS) is 1. The van der Waals surface area contributed by atoms with Crippen LogP contribution in [0, 0.1) is 12.5 Å². The van der Waals surface area contributed by atoms with E-state index in [9.17, 15) is 4.79 Å². The Balaban J connectivity index is 1.77. The average molecular weight is 480 g/mol. The van der Waals surface area contributed by atoms with Gasteiger partial charge in [-0.2, -0.15) is 5.10 Å². The van der Waals surface area contributed by atoms with E-state index < -0.39 is 5.97 Å². The predicted octanol–water partition coefficient (Wildman–Crippen LogP) is 7.62. The highest BCUT2D eigenvalue weighted by molar-refractivity contribution is 6.31. The molecule has 1 saturated carbocycles. The summed E-state index contributed by atoms with van der Waals surface area (Å²) in [4.78, 5) is 14.7. The van der Waals surface area contributed by atoms with Gasteiger partial charge in [0.1, 0.15) is 0 Å². The van der Waals surface area contributed by atoms with Crippen molar-refractivity contribution in [2.45, 2.75) is 19.3 Å². The minimum Gasteiger partial charge on any atom is -0.478 e. The van der Waals surface area contributed by atoms with Crippen LogP contribution in [0.15, 0.2) is 72.9 Å². The third kappa shape index (κ3) is 4.62. The lowest BCUT2D eigenvalue weighted by molar-refractivity contribution is -0.131. The number of carbonyl (C=O) groups is 1.